The lowest BCUT2D eigenvalue weighted by atomic mass is 10.2. The maximum Gasteiger partial charge on any atom is 0.373 e. The minimum atomic E-state index is -0.556. The summed E-state index contributed by atoms with van der Waals surface area (Å²) in [6.45, 7) is 0.0814. The molecule has 0 atom stereocenters. The van der Waals surface area contributed by atoms with Crippen LogP contribution in [-0.2, 0) is 11.3 Å². The van der Waals surface area contributed by atoms with Gasteiger partial charge in [0.2, 0.25) is 5.76 Å². The van der Waals surface area contributed by atoms with Crippen molar-refractivity contribution in [3.05, 3.63) is 50.3 Å². The number of aldehydes is 1. The molecule has 1 aromatic carbocycles. The molecule has 0 fully saturated rings. The first kappa shape index (κ1) is 15.8. The fraction of sp³-hybridized carbons (Fsp3) is 0.143. The van der Waals surface area contributed by atoms with Crippen molar-refractivity contribution in [2.45, 2.75) is 6.61 Å². The molecule has 5 nitrogen and oxygen atoms in total. The predicted octanol–water partition coefficient (Wildman–Crippen LogP) is 3.98. The summed E-state index contributed by atoms with van der Waals surface area (Å²) in [7, 11) is 1.27. The van der Waals surface area contributed by atoms with E-state index in [1.807, 2.05) is 0 Å². The van der Waals surface area contributed by atoms with Crippen molar-refractivity contribution in [3.63, 3.8) is 0 Å². The number of furan rings is 1. The Kier molecular flexibility index (Phi) is 5.19. The first-order valence-corrected chi connectivity index (χ1v) is 7.37. The number of rotatable bonds is 5. The van der Waals surface area contributed by atoms with Crippen LogP contribution in [-0.4, -0.2) is 19.4 Å². The highest BCUT2D eigenvalue weighted by Gasteiger charge is 2.14. The fourth-order valence-electron chi connectivity index (χ4n) is 1.63. The standard InChI is InChI=1S/C14H10Br2O5/c1-19-14(18)12-3-2-10(21-12)7-20-13-8(6-17)4-9(15)5-11(13)16/h2-6H,7H2,1H3. The third kappa shape index (κ3) is 3.74. The van der Waals surface area contributed by atoms with Gasteiger partial charge >= 0.3 is 5.97 Å². The molecule has 0 spiro atoms. The van der Waals surface area contributed by atoms with Gasteiger partial charge in [0.15, 0.2) is 6.29 Å². The van der Waals surface area contributed by atoms with Crippen LogP contribution in [0.5, 0.6) is 5.75 Å². The summed E-state index contributed by atoms with van der Waals surface area (Å²) in [6.07, 6.45) is 0.701. The van der Waals surface area contributed by atoms with E-state index < -0.39 is 5.97 Å². The summed E-state index contributed by atoms with van der Waals surface area (Å²) in [6, 6.07) is 6.53. The second-order valence-electron chi connectivity index (χ2n) is 3.97. The highest BCUT2D eigenvalue weighted by Crippen LogP contribution is 2.32. The zero-order valence-corrected chi connectivity index (χ0v) is 14.1. The molecule has 0 aliphatic carbocycles. The summed E-state index contributed by atoms with van der Waals surface area (Å²) in [5.41, 5.74) is 0.399. The van der Waals surface area contributed by atoms with E-state index in [1.54, 1.807) is 18.2 Å². The van der Waals surface area contributed by atoms with Crippen LogP contribution >= 0.6 is 31.9 Å². The van der Waals surface area contributed by atoms with Crippen molar-refractivity contribution in [1.29, 1.82) is 0 Å². The Morgan fingerprint density at radius 2 is 2.10 bits per heavy atom. The molecule has 0 amide bonds. The average molecular weight is 418 g/mol. The van der Waals surface area contributed by atoms with Gasteiger partial charge in [-0.2, -0.15) is 0 Å². The number of halogens is 2. The zero-order chi connectivity index (χ0) is 15.4. The van der Waals surface area contributed by atoms with Gasteiger partial charge < -0.3 is 13.9 Å². The lowest BCUT2D eigenvalue weighted by Crippen LogP contribution is -2.00. The van der Waals surface area contributed by atoms with Crippen molar-refractivity contribution in [3.8, 4) is 5.75 Å². The Hall–Kier alpha value is -1.60. The quantitative estimate of drug-likeness (QED) is 0.543. The van der Waals surface area contributed by atoms with E-state index >= 15 is 0 Å². The van der Waals surface area contributed by atoms with Gasteiger partial charge in [0.05, 0.1) is 17.1 Å². The van der Waals surface area contributed by atoms with Crippen LogP contribution in [0.4, 0.5) is 0 Å². The van der Waals surface area contributed by atoms with Crippen molar-refractivity contribution in [2.24, 2.45) is 0 Å². The Morgan fingerprint density at radius 1 is 1.33 bits per heavy atom. The molecule has 0 aliphatic rings. The number of esters is 1. The molecule has 2 rings (SSSR count). The summed E-state index contributed by atoms with van der Waals surface area (Å²) in [5, 5.41) is 0. The molecule has 0 saturated heterocycles. The van der Waals surface area contributed by atoms with Gasteiger partial charge in [0.25, 0.3) is 0 Å². The molecule has 2 aromatic rings. The molecule has 0 N–H and O–H groups in total. The van der Waals surface area contributed by atoms with E-state index in [-0.39, 0.29) is 12.4 Å². The number of carbonyl (C=O) groups excluding carboxylic acids is 2. The molecule has 1 heterocycles. The molecule has 0 aliphatic heterocycles. The first-order chi connectivity index (χ1) is 10.0. The fourth-order valence-corrected chi connectivity index (χ4v) is 3.00. The summed E-state index contributed by atoms with van der Waals surface area (Å²) < 4.78 is 16.8. The lowest BCUT2D eigenvalue weighted by molar-refractivity contribution is 0.0561. The van der Waals surface area contributed by atoms with Crippen LogP contribution in [0.25, 0.3) is 0 Å². The van der Waals surface area contributed by atoms with Crippen LogP contribution in [0, 0.1) is 0 Å². The van der Waals surface area contributed by atoms with Gasteiger partial charge in [-0.1, -0.05) is 15.9 Å². The van der Waals surface area contributed by atoms with Gasteiger partial charge in [0, 0.05) is 4.47 Å². The molecule has 1 aromatic heterocycles. The van der Waals surface area contributed by atoms with Gasteiger partial charge in [-0.05, 0) is 40.2 Å². The summed E-state index contributed by atoms with van der Waals surface area (Å²) in [5.74, 6) is 0.396. The lowest BCUT2D eigenvalue weighted by Gasteiger charge is -2.09. The van der Waals surface area contributed by atoms with E-state index in [1.165, 1.54) is 13.2 Å². The third-order valence-electron chi connectivity index (χ3n) is 2.57. The van der Waals surface area contributed by atoms with Crippen molar-refractivity contribution >= 4 is 44.1 Å². The van der Waals surface area contributed by atoms with Crippen LogP contribution in [0.15, 0.2) is 37.6 Å². The number of methoxy groups -OCH3 is 1. The highest BCUT2D eigenvalue weighted by atomic mass is 79.9. The van der Waals surface area contributed by atoms with E-state index in [2.05, 4.69) is 36.6 Å². The Bertz CT molecular complexity index is 678. The molecular weight excluding hydrogens is 408 g/mol. The van der Waals surface area contributed by atoms with E-state index in [0.29, 0.717) is 27.8 Å². The minimum absolute atomic E-state index is 0.0814. The number of hydrogen-bond donors (Lipinski definition) is 0. The van der Waals surface area contributed by atoms with E-state index in [9.17, 15) is 9.59 Å². The second-order valence-corrected chi connectivity index (χ2v) is 5.74. The van der Waals surface area contributed by atoms with Crippen molar-refractivity contribution in [1.82, 2.24) is 0 Å². The van der Waals surface area contributed by atoms with Crippen LogP contribution in [0.3, 0.4) is 0 Å². The number of carbonyl (C=O) groups is 2. The van der Waals surface area contributed by atoms with Gasteiger partial charge in [-0.3, -0.25) is 4.79 Å². The largest absolute Gasteiger partial charge is 0.484 e. The first-order valence-electron chi connectivity index (χ1n) is 5.79. The van der Waals surface area contributed by atoms with Crippen LogP contribution < -0.4 is 4.74 Å². The number of ether oxygens (including phenoxy) is 2. The molecule has 21 heavy (non-hydrogen) atoms. The molecule has 0 bridgehead atoms. The monoisotopic (exact) mass is 416 g/mol. The third-order valence-corrected chi connectivity index (χ3v) is 3.62. The molecule has 0 unspecified atom stereocenters. The Balaban J connectivity index is 2.15. The van der Waals surface area contributed by atoms with E-state index in [4.69, 9.17) is 9.15 Å². The van der Waals surface area contributed by atoms with E-state index in [0.717, 1.165) is 4.47 Å². The maximum atomic E-state index is 11.3. The SMILES string of the molecule is COC(=O)c1ccc(COc2c(Br)cc(Br)cc2C=O)o1. The number of hydrogen-bond acceptors (Lipinski definition) is 5. The predicted molar refractivity (Wildman–Crippen MR) is 81.6 cm³/mol. The Morgan fingerprint density at radius 3 is 2.76 bits per heavy atom. The summed E-state index contributed by atoms with van der Waals surface area (Å²) >= 11 is 6.63. The molecule has 0 radical (unpaired) electrons. The van der Waals surface area contributed by atoms with Crippen molar-refractivity contribution in [2.75, 3.05) is 7.11 Å². The van der Waals surface area contributed by atoms with Gasteiger partial charge in [-0.15, -0.1) is 0 Å². The molecule has 7 heteroatoms. The average Bonchev–Trinajstić information content (AvgIpc) is 2.93. The van der Waals surface area contributed by atoms with Crippen molar-refractivity contribution < 1.29 is 23.5 Å². The highest BCUT2D eigenvalue weighted by molar-refractivity contribution is 9.11. The van der Waals surface area contributed by atoms with Crippen LogP contribution in [0.1, 0.15) is 26.7 Å². The second kappa shape index (κ2) is 6.91. The van der Waals surface area contributed by atoms with Gasteiger partial charge in [-0.25, -0.2) is 4.79 Å². The topological polar surface area (TPSA) is 65.7 Å². The van der Waals surface area contributed by atoms with Crippen LogP contribution in [0.2, 0.25) is 0 Å². The molecular formula is C14H10Br2O5. The maximum absolute atomic E-state index is 11.3. The zero-order valence-electron chi connectivity index (χ0n) is 10.9. The smallest absolute Gasteiger partial charge is 0.373 e. The normalized spacial score (nSPS) is 10.2. The minimum Gasteiger partial charge on any atom is -0.484 e. The van der Waals surface area contributed by atoms with Gasteiger partial charge in [0.1, 0.15) is 18.1 Å². The number of benzene rings is 1. The molecule has 110 valence electrons. The molecule has 0 saturated carbocycles. The summed E-state index contributed by atoms with van der Waals surface area (Å²) in [4.78, 5) is 22.3. The Labute approximate surface area is 137 Å².